The first-order valence-corrected chi connectivity index (χ1v) is 8.14. The number of nitrogens with zero attached hydrogens (tertiary/aromatic N) is 2. The van der Waals surface area contributed by atoms with Crippen LogP contribution in [0.1, 0.15) is 38.5 Å². The highest BCUT2D eigenvalue weighted by atomic mass is 16.2. The Balaban J connectivity index is 1.64. The normalized spacial score (nSPS) is 26.7. The Hall–Kier alpha value is -2.12. The van der Waals surface area contributed by atoms with Crippen molar-refractivity contribution >= 4 is 23.8 Å². The topological polar surface area (TPSA) is 113 Å². The van der Waals surface area contributed by atoms with Crippen LogP contribution in [-0.4, -0.2) is 58.7 Å². The van der Waals surface area contributed by atoms with Crippen molar-refractivity contribution in [1.82, 2.24) is 15.1 Å². The van der Waals surface area contributed by atoms with Crippen LogP contribution in [0.15, 0.2) is 0 Å². The summed E-state index contributed by atoms with van der Waals surface area (Å²) in [6, 6.07) is -0.490. The van der Waals surface area contributed by atoms with Gasteiger partial charge in [0, 0.05) is 13.1 Å². The summed E-state index contributed by atoms with van der Waals surface area (Å²) in [4.78, 5) is 50.8. The zero-order valence-electron chi connectivity index (χ0n) is 13.0. The highest BCUT2D eigenvalue weighted by molar-refractivity contribution is 6.09. The highest BCUT2D eigenvalue weighted by Gasteiger charge is 2.51. The fraction of sp³-hybridized carbons (Fsp3) is 0.733. The molecule has 0 radical (unpaired) electrons. The van der Waals surface area contributed by atoms with Crippen LogP contribution < -0.4 is 11.1 Å². The van der Waals surface area contributed by atoms with E-state index in [4.69, 9.17) is 5.73 Å². The second kappa shape index (κ2) is 5.82. The molecule has 23 heavy (non-hydrogen) atoms. The van der Waals surface area contributed by atoms with Crippen LogP contribution >= 0.6 is 0 Å². The van der Waals surface area contributed by atoms with Crippen molar-refractivity contribution in [3.8, 4) is 0 Å². The van der Waals surface area contributed by atoms with Crippen molar-refractivity contribution in [3.63, 3.8) is 0 Å². The minimum atomic E-state index is -0.809. The van der Waals surface area contributed by atoms with Crippen LogP contribution in [0.2, 0.25) is 0 Å². The molecule has 126 valence electrons. The number of nitrogens with two attached hydrogens (primary N) is 1. The second-order valence-electron chi connectivity index (χ2n) is 6.69. The Morgan fingerprint density at radius 2 is 1.91 bits per heavy atom. The van der Waals surface area contributed by atoms with Crippen molar-refractivity contribution in [2.24, 2.45) is 11.7 Å². The average molecular weight is 322 g/mol. The van der Waals surface area contributed by atoms with E-state index in [-0.39, 0.29) is 30.8 Å². The number of primary amides is 1. The lowest BCUT2D eigenvalue weighted by atomic mass is 9.82. The monoisotopic (exact) mass is 322 g/mol. The third-order valence-corrected chi connectivity index (χ3v) is 5.19. The first kappa shape index (κ1) is 15.8. The molecule has 1 spiro atoms. The fourth-order valence-electron chi connectivity index (χ4n) is 3.77. The predicted octanol–water partition coefficient (Wildman–Crippen LogP) is -0.425. The van der Waals surface area contributed by atoms with Gasteiger partial charge in [0.25, 0.3) is 5.91 Å². The third kappa shape index (κ3) is 2.77. The summed E-state index contributed by atoms with van der Waals surface area (Å²) in [5, 5.41) is 2.78. The van der Waals surface area contributed by atoms with E-state index in [1.165, 1.54) is 4.90 Å². The van der Waals surface area contributed by atoms with Gasteiger partial charge < -0.3 is 16.0 Å². The van der Waals surface area contributed by atoms with Crippen LogP contribution in [0.4, 0.5) is 4.79 Å². The molecule has 2 saturated heterocycles. The van der Waals surface area contributed by atoms with Crippen molar-refractivity contribution in [2.45, 2.75) is 44.1 Å². The number of urea groups is 1. The first-order chi connectivity index (χ1) is 10.9. The van der Waals surface area contributed by atoms with Crippen LogP contribution in [0.3, 0.4) is 0 Å². The lowest BCUT2D eigenvalue weighted by Crippen LogP contribution is -2.49. The fourth-order valence-corrected chi connectivity index (χ4v) is 3.77. The summed E-state index contributed by atoms with van der Waals surface area (Å²) in [5.41, 5.74) is 4.45. The number of carbonyl (C=O) groups is 4. The number of nitrogens with one attached hydrogen (secondary N) is 1. The quantitative estimate of drug-likeness (QED) is 0.687. The molecule has 1 atom stereocenters. The van der Waals surface area contributed by atoms with Crippen molar-refractivity contribution < 1.29 is 19.2 Å². The number of amides is 5. The summed E-state index contributed by atoms with van der Waals surface area (Å²) in [6.07, 6.45) is 4.67. The molecule has 3 fully saturated rings. The molecular formula is C15H22N4O4. The van der Waals surface area contributed by atoms with Gasteiger partial charge in [0.05, 0.1) is 5.92 Å². The molecule has 3 N–H and O–H groups in total. The molecule has 3 aliphatic rings. The maximum Gasteiger partial charge on any atom is 0.325 e. The largest absolute Gasteiger partial charge is 0.369 e. The van der Waals surface area contributed by atoms with E-state index in [0.29, 0.717) is 25.8 Å². The van der Waals surface area contributed by atoms with Crippen LogP contribution in [-0.2, 0) is 14.4 Å². The Kier molecular flexibility index (Phi) is 3.99. The predicted molar refractivity (Wildman–Crippen MR) is 79.9 cm³/mol. The molecule has 2 heterocycles. The number of likely N-dealkylation sites (tertiary alicyclic amines) is 1. The standard InChI is InChI=1S/C15H22N4O4/c16-12(21)10-4-7-18(8-10)11(20)9-19-13(22)15(17-14(19)23)5-2-1-3-6-15/h10H,1-9H2,(H2,16,21)(H,17,23)/t10-/m1/s1. The Morgan fingerprint density at radius 3 is 2.52 bits per heavy atom. The molecule has 0 aromatic heterocycles. The van der Waals surface area contributed by atoms with E-state index >= 15 is 0 Å². The second-order valence-corrected chi connectivity index (χ2v) is 6.69. The zero-order valence-corrected chi connectivity index (χ0v) is 13.0. The minimum Gasteiger partial charge on any atom is -0.369 e. The van der Waals surface area contributed by atoms with E-state index in [1.54, 1.807) is 0 Å². The molecule has 0 bridgehead atoms. The molecule has 0 aromatic rings. The molecule has 3 rings (SSSR count). The summed E-state index contributed by atoms with van der Waals surface area (Å²) in [7, 11) is 0. The molecule has 8 heteroatoms. The highest BCUT2D eigenvalue weighted by Crippen LogP contribution is 2.33. The Bertz CT molecular complexity index is 556. The van der Waals surface area contributed by atoms with Crippen molar-refractivity contribution in [3.05, 3.63) is 0 Å². The van der Waals surface area contributed by atoms with E-state index in [1.807, 2.05) is 0 Å². The van der Waals surface area contributed by atoms with Gasteiger partial charge in [0.1, 0.15) is 12.1 Å². The van der Waals surface area contributed by atoms with Gasteiger partial charge >= 0.3 is 6.03 Å². The minimum absolute atomic E-state index is 0.266. The van der Waals surface area contributed by atoms with E-state index in [0.717, 1.165) is 24.2 Å². The number of imide groups is 1. The van der Waals surface area contributed by atoms with Gasteiger partial charge in [0.15, 0.2) is 0 Å². The molecule has 2 aliphatic heterocycles. The molecule has 8 nitrogen and oxygen atoms in total. The number of hydrogen-bond acceptors (Lipinski definition) is 4. The van der Waals surface area contributed by atoms with Crippen LogP contribution in [0, 0.1) is 5.92 Å². The van der Waals surface area contributed by atoms with Gasteiger partial charge in [-0.25, -0.2) is 4.79 Å². The van der Waals surface area contributed by atoms with Gasteiger partial charge in [0.2, 0.25) is 11.8 Å². The third-order valence-electron chi connectivity index (χ3n) is 5.19. The van der Waals surface area contributed by atoms with E-state index < -0.39 is 17.5 Å². The van der Waals surface area contributed by atoms with Crippen molar-refractivity contribution in [2.75, 3.05) is 19.6 Å². The van der Waals surface area contributed by atoms with Gasteiger partial charge in [-0.3, -0.25) is 19.3 Å². The summed E-state index contributed by atoms with van der Waals surface area (Å²) < 4.78 is 0. The maximum atomic E-state index is 12.6. The Morgan fingerprint density at radius 1 is 1.22 bits per heavy atom. The van der Waals surface area contributed by atoms with E-state index in [2.05, 4.69) is 5.32 Å². The summed E-state index contributed by atoms with van der Waals surface area (Å²) in [6.45, 7) is 0.433. The lowest BCUT2D eigenvalue weighted by Gasteiger charge is -2.30. The lowest BCUT2D eigenvalue weighted by molar-refractivity contribution is -0.139. The SMILES string of the molecule is NC(=O)[C@@H]1CCN(C(=O)CN2C(=O)NC3(CCCCC3)C2=O)C1. The Labute approximate surface area is 134 Å². The summed E-state index contributed by atoms with van der Waals surface area (Å²) in [5.74, 6) is -1.37. The molecule has 5 amide bonds. The van der Waals surface area contributed by atoms with E-state index in [9.17, 15) is 19.2 Å². The van der Waals surface area contributed by atoms with Gasteiger partial charge in [-0.15, -0.1) is 0 Å². The molecule has 0 unspecified atom stereocenters. The molecule has 1 aliphatic carbocycles. The number of carbonyl (C=O) groups excluding carboxylic acids is 4. The molecule has 1 saturated carbocycles. The van der Waals surface area contributed by atoms with Crippen LogP contribution in [0.25, 0.3) is 0 Å². The maximum absolute atomic E-state index is 12.6. The van der Waals surface area contributed by atoms with Crippen molar-refractivity contribution in [1.29, 1.82) is 0 Å². The van der Waals surface area contributed by atoms with Gasteiger partial charge in [-0.05, 0) is 19.3 Å². The summed E-state index contributed by atoms with van der Waals surface area (Å²) >= 11 is 0. The zero-order chi connectivity index (χ0) is 16.6. The van der Waals surface area contributed by atoms with Gasteiger partial charge in [-0.2, -0.15) is 0 Å². The van der Waals surface area contributed by atoms with Crippen LogP contribution in [0.5, 0.6) is 0 Å². The smallest absolute Gasteiger partial charge is 0.325 e. The molecular weight excluding hydrogens is 300 g/mol. The average Bonchev–Trinajstić information content (AvgIpc) is 3.09. The number of rotatable bonds is 3. The molecule has 0 aromatic carbocycles. The number of hydrogen-bond donors (Lipinski definition) is 2. The van der Waals surface area contributed by atoms with Gasteiger partial charge in [-0.1, -0.05) is 19.3 Å². The first-order valence-electron chi connectivity index (χ1n) is 8.14.